The Morgan fingerprint density at radius 1 is 1.24 bits per heavy atom. The van der Waals surface area contributed by atoms with Gasteiger partial charge in [0.1, 0.15) is 5.54 Å². The molecule has 0 fully saturated rings. The summed E-state index contributed by atoms with van der Waals surface area (Å²) in [5.74, 6) is -0.801. The first-order chi connectivity index (χ1) is 7.96. The van der Waals surface area contributed by atoms with E-state index >= 15 is 0 Å². The Hall–Kier alpha value is -1.35. The van der Waals surface area contributed by atoms with Gasteiger partial charge in [-0.25, -0.2) is 4.79 Å². The van der Waals surface area contributed by atoms with Crippen molar-refractivity contribution in [3.05, 3.63) is 35.4 Å². The Labute approximate surface area is 103 Å². The standard InChI is InChI=1S/C14H21NO2/c1-5-15(6-2)14(4,13(16)17)12-9-7-11(3)8-10-12/h7-10H,5-6H2,1-4H3,(H,16,17). The molecular formula is C14H21NO2. The summed E-state index contributed by atoms with van der Waals surface area (Å²) in [6.07, 6.45) is 0. The molecule has 0 aliphatic heterocycles. The minimum Gasteiger partial charge on any atom is -0.480 e. The lowest BCUT2D eigenvalue weighted by molar-refractivity contribution is -0.151. The van der Waals surface area contributed by atoms with E-state index in [1.54, 1.807) is 6.92 Å². The number of carboxylic acid groups (broad SMARTS) is 1. The van der Waals surface area contributed by atoms with E-state index in [1.165, 1.54) is 0 Å². The van der Waals surface area contributed by atoms with Gasteiger partial charge in [0.2, 0.25) is 0 Å². The van der Waals surface area contributed by atoms with Gasteiger partial charge in [-0.3, -0.25) is 4.90 Å². The molecule has 1 rings (SSSR count). The molecule has 3 nitrogen and oxygen atoms in total. The fraction of sp³-hybridized carbons (Fsp3) is 0.500. The quantitative estimate of drug-likeness (QED) is 0.853. The number of nitrogens with zero attached hydrogens (tertiary/aromatic N) is 1. The molecule has 1 N–H and O–H groups in total. The number of carbonyl (C=O) groups is 1. The van der Waals surface area contributed by atoms with Crippen molar-refractivity contribution >= 4 is 5.97 Å². The van der Waals surface area contributed by atoms with Crippen LogP contribution in [0.1, 0.15) is 31.9 Å². The van der Waals surface area contributed by atoms with Crippen molar-refractivity contribution in [3.8, 4) is 0 Å². The van der Waals surface area contributed by atoms with Crippen LogP contribution in [0.2, 0.25) is 0 Å². The van der Waals surface area contributed by atoms with Gasteiger partial charge in [-0.1, -0.05) is 43.7 Å². The summed E-state index contributed by atoms with van der Waals surface area (Å²) in [7, 11) is 0. The van der Waals surface area contributed by atoms with Crippen molar-refractivity contribution in [2.24, 2.45) is 0 Å². The maximum atomic E-state index is 11.6. The zero-order valence-electron chi connectivity index (χ0n) is 11.0. The first-order valence-electron chi connectivity index (χ1n) is 6.02. The Morgan fingerprint density at radius 2 is 1.71 bits per heavy atom. The first kappa shape index (κ1) is 13.7. The van der Waals surface area contributed by atoms with Gasteiger partial charge in [-0.15, -0.1) is 0 Å². The molecule has 1 atom stereocenters. The molecule has 94 valence electrons. The van der Waals surface area contributed by atoms with Crippen molar-refractivity contribution in [1.82, 2.24) is 4.90 Å². The van der Waals surface area contributed by atoms with Crippen molar-refractivity contribution in [1.29, 1.82) is 0 Å². The molecule has 17 heavy (non-hydrogen) atoms. The molecule has 1 aromatic rings. The van der Waals surface area contributed by atoms with Crippen molar-refractivity contribution in [2.75, 3.05) is 13.1 Å². The smallest absolute Gasteiger partial charge is 0.328 e. The average Bonchev–Trinajstić information content (AvgIpc) is 2.30. The number of hydrogen-bond acceptors (Lipinski definition) is 2. The SMILES string of the molecule is CCN(CC)C(C)(C(=O)O)c1ccc(C)cc1. The molecule has 0 saturated carbocycles. The number of carboxylic acids is 1. The summed E-state index contributed by atoms with van der Waals surface area (Å²) in [6.45, 7) is 9.17. The molecule has 3 heteroatoms. The van der Waals surface area contributed by atoms with Crippen molar-refractivity contribution in [3.63, 3.8) is 0 Å². The molecule has 0 spiro atoms. The molecule has 1 aromatic carbocycles. The van der Waals surface area contributed by atoms with Crippen molar-refractivity contribution < 1.29 is 9.90 Å². The van der Waals surface area contributed by atoms with E-state index in [0.29, 0.717) is 13.1 Å². The fourth-order valence-corrected chi connectivity index (χ4v) is 2.18. The summed E-state index contributed by atoms with van der Waals surface area (Å²) in [6, 6.07) is 7.73. The second-order valence-electron chi connectivity index (χ2n) is 4.42. The van der Waals surface area contributed by atoms with Crippen LogP contribution in [-0.2, 0) is 10.3 Å². The molecule has 1 unspecified atom stereocenters. The molecule has 0 aromatic heterocycles. The molecule has 0 aliphatic rings. The monoisotopic (exact) mass is 235 g/mol. The summed E-state index contributed by atoms with van der Waals surface area (Å²) in [5, 5.41) is 9.55. The summed E-state index contributed by atoms with van der Waals surface area (Å²) >= 11 is 0. The Balaban J connectivity index is 3.24. The van der Waals surface area contributed by atoms with Crippen LogP contribution in [0.5, 0.6) is 0 Å². The molecule has 0 radical (unpaired) electrons. The minimum absolute atomic E-state index is 0.715. The topological polar surface area (TPSA) is 40.5 Å². The van der Waals surface area contributed by atoms with Gasteiger partial charge >= 0.3 is 5.97 Å². The van der Waals surface area contributed by atoms with E-state index in [4.69, 9.17) is 0 Å². The van der Waals surface area contributed by atoms with E-state index in [2.05, 4.69) is 0 Å². The first-order valence-corrected chi connectivity index (χ1v) is 6.02. The second-order valence-corrected chi connectivity index (χ2v) is 4.42. The number of rotatable bonds is 5. The van der Waals surface area contributed by atoms with Crippen LogP contribution in [0.15, 0.2) is 24.3 Å². The van der Waals surface area contributed by atoms with Crippen LogP contribution in [-0.4, -0.2) is 29.1 Å². The van der Waals surface area contributed by atoms with Crippen LogP contribution in [0.3, 0.4) is 0 Å². The predicted molar refractivity (Wildman–Crippen MR) is 69.1 cm³/mol. The minimum atomic E-state index is -0.947. The van der Waals surface area contributed by atoms with Crippen LogP contribution < -0.4 is 0 Å². The van der Waals surface area contributed by atoms with Gasteiger partial charge in [0, 0.05) is 0 Å². The lowest BCUT2D eigenvalue weighted by Crippen LogP contribution is -2.49. The molecule has 0 heterocycles. The Kier molecular flexibility index (Phi) is 4.29. The van der Waals surface area contributed by atoms with E-state index in [0.717, 1.165) is 11.1 Å². The largest absolute Gasteiger partial charge is 0.480 e. The third kappa shape index (κ3) is 2.50. The van der Waals surface area contributed by atoms with E-state index in [1.807, 2.05) is 49.9 Å². The lowest BCUT2D eigenvalue weighted by atomic mass is 9.89. The van der Waals surface area contributed by atoms with Gasteiger partial charge in [0.25, 0.3) is 0 Å². The summed E-state index contributed by atoms with van der Waals surface area (Å²) in [4.78, 5) is 13.6. The average molecular weight is 235 g/mol. The normalized spacial score (nSPS) is 14.6. The van der Waals surface area contributed by atoms with Crippen LogP contribution in [0.25, 0.3) is 0 Å². The molecule has 0 amide bonds. The number of aliphatic carboxylic acids is 1. The molecule has 0 saturated heterocycles. The van der Waals surface area contributed by atoms with Gasteiger partial charge in [-0.2, -0.15) is 0 Å². The maximum Gasteiger partial charge on any atom is 0.328 e. The zero-order valence-corrected chi connectivity index (χ0v) is 11.0. The lowest BCUT2D eigenvalue weighted by Gasteiger charge is -2.37. The van der Waals surface area contributed by atoms with E-state index in [9.17, 15) is 9.90 Å². The number of hydrogen-bond donors (Lipinski definition) is 1. The molecule has 0 aliphatic carbocycles. The highest BCUT2D eigenvalue weighted by atomic mass is 16.4. The van der Waals surface area contributed by atoms with Gasteiger partial charge in [-0.05, 0) is 32.5 Å². The van der Waals surface area contributed by atoms with E-state index < -0.39 is 11.5 Å². The second kappa shape index (κ2) is 5.32. The summed E-state index contributed by atoms with van der Waals surface area (Å²) in [5.41, 5.74) is 1.03. The zero-order chi connectivity index (χ0) is 13.1. The molecular weight excluding hydrogens is 214 g/mol. The predicted octanol–water partition coefficient (Wildman–Crippen LogP) is 2.64. The van der Waals surface area contributed by atoms with Crippen LogP contribution in [0, 0.1) is 6.92 Å². The summed E-state index contributed by atoms with van der Waals surface area (Å²) < 4.78 is 0. The number of aryl methyl sites for hydroxylation is 1. The number of likely N-dealkylation sites (N-methyl/N-ethyl adjacent to an activating group) is 1. The third-order valence-electron chi connectivity index (χ3n) is 3.43. The van der Waals surface area contributed by atoms with Crippen LogP contribution in [0.4, 0.5) is 0 Å². The van der Waals surface area contributed by atoms with Gasteiger partial charge in [0.05, 0.1) is 0 Å². The fourth-order valence-electron chi connectivity index (χ4n) is 2.18. The van der Waals surface area contributed by atoms with Gasteiger partial charge < -0.3 is 5.11 Å². The van der Waals surface area contributed by atoms with E-state index in [-0.39, 0.29) is 0 Å². The Bertz CT molecular complexity index is 382. The highest BCUT2D eigenvalue weighted by Gasteiger charge is 2.39. The van der Waals surface area contributed by atoms with Gasteiger partial charge in [0.15, 0.2) is 0 Å². The number of benzene rings is 1. The maximum absolute atomic E-state index is 11.6. The molecule has 0 bridgehead atoms. The Morgan fingerprint density at radius 3 is 2.06 bits per heavy atom. The highest BCUT2D eigenvalue weighted by molar-refractivity contribution is 5.80. The van der Waals surface area contributed by atoms with Crippen molar-refractivity contribution in [2.45, 2.75) is 33.2 Å². The third-order valence-corrected chi connectivity index (χ3v) is 3.43. The highest BCUT2D eigenvalue weighted by Crippen LogP contribution is 2.28. The van der Waals surface area contributed by atoms with Crippen LogP contribution >= 0.6 is 0 Å².